The number of aromatic nitrogens is 1. The highest BCUT2D eigenvalue weighted by Gasteiger charge is 2.21. The van der Waals surface area contributed by atoms with Crippen LogP contribution in [0.5, 0.6) is 0 Å². The fourth-order valence-corrected chi connectivity index (χ4v) is 3.66. The van der Waals surface area contributed by atoms with E-state index in [1.807, 2.05) is 61.5 Å². The van der Waals surface area contributed by atoms with Crippen LogP contribution in [0.15, 0.2) is 54.6 Å². The fraction of sp³-hybridized carbons (Fsp3) is 0.250. The number of benzene rings is 2. The van der Waals surface area contributed by atoms with Gasteiger partial charge in [-0.05, 0) is 24.6 Å². The van der Waals surface area contributed by atoms with Crippen molar-refractivity contribution in [2.24, 2.45) is 0 Å². The Morgan fingerprint density at radius 3 is 2.54 bits per heavy atom. The van der Waals surface area contributed by atoms with E-state index in [2.05, 4.69) is 10.3 Å². The summed E-state index contributed by atoms with van der Waals surface area (Å²) in [5, 5.41) is 3.58. The Bertz CT molecular complexity index is 875. The van der Waals surface area contributed by atoms with Crippen molar-refractivity contribution in [2.75, 3.05) is 13.6 Å². The van der Waals surface area contributed by atoms with Crippen molar-refractivity contribution < 1.29 is 9.59 Å². The standard InChI is InChI=1S/C20H21N3O2S/c1-14(20-22-16-10-6-7-11-17(16)26-20)23(2)19(25)13-21-18(24)12-15-8-4-3-5-9-15/h3-11,14H,12-13H2,1-2H3,(H,21,24)/t14-/m0/s1. The van der Waals surface area contributed by atoms with Crippen LogP contribution in [0.2, 0.25) is 0 Å². The molecule has 0 fully saturated rings. The molecule has 5 nitrogen and oxygen atoms in total. The molecule has 0 spiro atoms. The molecule has 0 saturated heterocycles. The normalized spacial score (nSPS) is 11.9. The van der Waals surface area contributed by atoms with Crippen LogP contribution in [0, 0.1) is 0 Å². The molecular weight excluding hydrogens is 346 g/mol. The molecule has 0 radical (unpaired) electrons. The Hall–Kier alpha value is -2.73. The van der Waals surface area contributed by atoms with Crippen LogP contribution in [-0.4, -0.2) is 35.3 Å². The van der Waals surface area contributed by atoms with Gasteiger partial charge in [0.1, 0.15) is 5.01 Å². The van der Waals surface area contributed by atoms with Gasteiger partial charge in [0.25, 0.3) is 0 Å². The van der Waals surface area contributed by atoms with Crippen molar-refractivity contribution in [1.29, 1.82) is 0 Å². The topological polar surface area (TPSA) is 62.3 Å². The van der Waals surface area contributed by atoms with Crippen molar-refractivity contribution in [2.45, 2.75) is 19.4 Å². The van der Waals surface area contributed by atoms with Crippen LogP contribution in [0.1, 0.15) is 23.5 Å². The highest BCUT2D eigenvalue weighted by molar-refractivity contribution is 7.18. The number of carbonyl (C=O) groups is 2. The number of carbonyl (C=O) groups excluding carboxylic acids is 2. The third-order valence-electron chi connectivity index (χ3n) is 4.29. The van der Waals surface area contributed by atoms with Crippen molar-refractivity contribution in [3.8, 4) is 0 Å². The number of nitrogens with one attached hydrogen (secondary N) is 1. The van der Waals surface area contributed by atoms with Crippen LogP contribution in [0.25, 0.3) is 10.2 Å². The summed E-state index contributed by atoms with van der Waals surface area (Å²) in [7, 11) is 1.74. The second-order valence-electron chi connectivity index (χ2n) is 6.14. The van der Waals surface area contributed by atoms with Crippen LogP contribution in [0.4, 0.5) is 0 Å². The average Bonchev–Trinajstić information content (AvgIpc) is 3.10. The van der Waals surface area contributed by atoms with E-state index in [1.165, 1.54) is 0 Å². The van der Waals surface area contributed by atoms with Crippen LogP contribution < -0.4 is 5.32 Å². The van der Waals surface area contributed by atoms with Gasteiger partial charge in [-0.3, -0.25) is 9.59 Å². The average molecular weight is 367 g/mol. The quantitative estimate of drug-likeness (QED) is 0.728. The maximum absolute atomic E-state index is 12.4. The van der Waals surface area contributed by atoms with E-state index in [0.29, 0.717) is 0 Å². The van der Waals surface area contributed by atoms with Crippen LogP contribution in [-0.2, 0) is 16.0 Å². The van der Waals surface area contributed by atoms with Gasteiger partial charge in [-0.2, -0.15) is 0 Å². The molecule has 3 rings (SSSR count). The summed E-state index contributed by atoms with van der Waals surface area (Å²) in [6, 6.07) is 17.2. The Balaban J connectivity index is 1.56. The zero-order chi connectivity index (χ0) is 18.5. The van der Waals surface area contributed by atoms with Gasteiger partial charge >= 0.3 is 0 Å². The number of amides is 2. The second kappa shape index (κ2) is 8.10. The number of likely N-dealkylation sites (N-methyl/N-ethyl adjacent to an activating group) is 1. The van der Waals surface area contributed by atoms with Gasteiger partial charge in [0, 0.05) is 7.05 Å². The van der Waals surface area contributed by atoms with Crippen molar-refractivity contribution in [1.82, 2.24) is 15.2 Å². The third kappa shape index (κ3) is 4.26. The van der Waals surface area contributed by atoms with E-state index in [-0.39, 0.29) is 30.8 Å². The molecule has 0 bridgehead atoms. The molecule has 0 saturated carbocycles. The molecule has 26 heavy (non-hydrogen) atoms. The molecule has 134 valence electrons. The minimum absolute atomic E-state index is 0.0165. The van der Waals surface area contributed by atoms with Crippen LogP contribution in [0.3, 0.4) is 0 Å². The lowest BCUT2D eigenvalue weighted by molar-refractivity contribution is -0.133. The number of thiazole rings is 1. The lowest BCUT2D eigenvalue weighted by Crippen LogP contribution is -2.39. The summed E-state index contributed by atoms with van der Waals surface area (Å²) >= 11 is 1.58. The SMILES string of the molecule is C[C@@H](c1nc2ccccc2s1)N(C)C(=O)CNC(=O)Cc1ccccc1. The summed E-state index contributed by atoms with van der Waals surface area (Å²) in [5.41, 5.74) is 1.87. The molecule has 3 aromatic rings. The number of hydrogen-bond donors (Lipinski definition) is 1. The molecule has 0 aliphatic heterocycles. The van der Waals surface area contributed by atoms with Crippen molar-refractivity contribution >= 4 is 33.4 Å². The molecule has 1 N–H and O–H groups in total. The molecule has 0 aliphatic carbocycles. The minimum Gasteiger partial charge on any atom is -0.347 e. The van der Waals surface area contributed by atoms with Crippen molar-refractivity contribution in [3.63, 3.8) is 0 Å². The van der Waals surface area contributed by atoms with Gasteiger partial charge in [0.2, 0.25) is 11.8 Å². The van der Waals surface area contributed by atoms with E-state index in [1.54, 1.807) is 23.3 Å². The van der Waals surface area contributed by atoms with Gasteiger partial charge in [-0.15, -0.1) is 11.3 Å². The van der Waals surface area contributed by atoms with E-state index in [9.17, 15) is 9.59 Å². The van der Waals surface area contributed by atoms with E-state index >= 15 is 0 Å². The molecule has 0 unspecified atom stereocenters. The molecule has 2 amide bonds. The molecule has 1 heterocycles. The Morgan fingerprint density at radius 1 is 1.12 bits per heavy atom. The van der Waals surface area contributed by atoms with Gasteiger partial charge in [0.15, 0.2) is 0 Å². The van der Waals surface area contributed by atoms with Gasteiger partial charge in [-0.1, -0.05) is 42.5 Å². The first-order valence-corrected chi connectivity index (χ1v) is 9.28. The minimum atomic E-state index is -0.161. The Labute approximate surface area is 156 Å². The Kier molecular flexibility index (Phi) is 5.63. The van der Waals surface area contributed by atoms with Crippen LogP contribution >= 0.6 is 11.3 Å². The maximum atomic E-state index is 12.4. The summed E-state index contributed by atoms with van der Waals surface area (Å²) in [5.74, 6) is -0.302. The molecule has 6 heteroatoms. The molecular formula is C20H21N3O2S. The van der Waals surface area contributed by atoms with Gasteiger partial charge in [0.05, 0.1) is 29.2 Å². The highest BCUT2D eigenvalue weighted by Crippen LogP contribution is 2.28. The smallest absolute Gasteiger partial charge is 0.242 e. The first-order valence-electron chi connectivity index (χ1n) is 8.46. The lowest BCUT2D eigenvalue weighted by atomic mass is 10.1. The summed E-state index contributed by atoms with van der Waals surface area (Å²) in [6.07, 6.45) is 0.269. The number of nitrogens with zero attached hydrogens (tertiary/aromatic N) is 2. The number of para-hydroxylation sites is 1. The first kappa shape index (κ1) is 18.1. The Morgan fingerprint density at radius 2 is 1.81 bits per heavy atom. The number of fused-ring (bicyclic) bond motifs is 1. The second-order valence-corrected chi connectivity index (χ2v) is 7.20. The monoisotopic (exact) mass is 367 g/mol. The summed E-state index contributed by atoms with van der Waals surface area (Å²) in [6.45, 7) is 1.93. The lowest BCUT2D eigenvalue weighted by Gasteiger charge is -2.23. The largest absolute Gasteiger partial charge is 0.347 e. The molecule has 0 aliphatic rings. The van der Waals surface area contributed by atoms with E-state index in [4.69, 9.17) is 0 Å². The maximum Gasteiger partial charge on any atom is 0.242 e. The predicted molar refractivity (Wildman–Crippen MR) is 104 cm³/mol. The van der Waals surface area contributed by atoms with Crippen molar-refractivity contribution in [3.05, 3.63) is 65.2 Å². The highest BCUT2D eigenvalue weighted by atomic mass is 32.1. The summed E-state index contributed by atoms with van der Waals surface area (Å²) < 4.78 is 1.10. The van der Waals surface area contributed by atoms with Gasteiger partial charge in [-0.25, -0.2) is 4.98 Å². The molecule has 1 atom stereocenters. The van der Waals surface area contributed by atoms with Gasteiger partial charge < -0.3 is 10.2 Å². The number of rotatable bonds is 6. The van der Waals surface area contributed by atoms with E-state index in [0.717, 1.165) is 20.8 Å². The summed E-state index contributed by atoms with van der Waals surface area (Å²) in [4.78, 5) is 30.7. The predicted octanol–water partition coefficient (Wildman–Crippen LogP) is 3.17. The zero-order valence-electron chi connectivity index (χ0n) is 14.8. The number of hydrogen-bond acceptors (Lipinski definition) is 4. The van der Waals surface area contributed by atoms with E-state index < -0.39 is 0 Å². The first-order chi connectivity index (χ1) is 12.5. The third-order valence-corrected chi connectivity index (χ3v) is 5.49. The zero-order valence-corrected chi connectivity index (χ0v) is 15.6. The molecule has 1 aromatic heterocycles. The fourth-order valence-electron chi connectivity index (χ4n) is 2.59. The molecule has 2 aromatic carbocycles.